The van der Waals surface area contributed by atoms with Crippen LogP contribution >= 0.6 is 0 Å². The fourth-order valence-corrected chi connectivity index (χ4v) is 3.97. The summed E-state index contributed by atoms with van der Waals surface area (Å²) in [6.45, 7) is 3.32. The second kappa shape index (κ2) is 11.9. The molecule has 0 unspecified atom stereocenters. The number of fused-ring (bicyclic) bond motifs is 1. The number of aromatic nitrogens is 4. The molecular weight excluding hydrogens is 490 g/mol. The molecule has 4 N–H and O–H groups in total. The maximum absolute atomic E-state index is 13.0. The fraction of sp³-hybridized carbons (Fsp3) is 0.269. The quantitative estimate of drug-likeness (QED) is 0.257. The summed E-state index contributed by atoms with van der Waals surface area (Å²) in [7, 11) is 1.47. The van der Waals surface area contributed by atoms with E-state index in [0.717, 1.165) is 5.56 Å². The van der Waals surface area contributed by atoms with Gasteiger partial charge in [0, 0.05) is 25.2 Å². The van der Waals surface area contributed by atoms with Crippen molar-refractivity contribution < 1.29 is 23.9 Å². The Labute approximate surface area is 218 Å². The summed E-state index contributed by atoms with van der Waals surface area (Å²) in [5.74, 6) is -0.397. The highest BCUT2D eigenvalue weighted by Gasteiger charge is 2.21. The number of nitrogens with two attached hydrogens (primary N) is 1. The number of methoxy groups -OCH3 is 1. The van der Waals surface area contributed by atoms with E-state index in [2.05, 4.69) is 20.6 Å². The van der Waals surface area contributed by atoms with Gasteiger partial charge in [0.15, 0.2) is 0 Å². The van der Waals surface area contributed by atoms with Gasteiger partial charge in [0.25, 0.3) is 5.91 Å². The van der Waals surface area contributed by atoms with Crippen molar-refractivity contribution in [1.29, 1.82) is 0 Å². The number of hydrogen-bond donors (Lipinski definition) is 3. The maximum atomic E-state index is 13.0. The number of anilines is 1. The van der Waals surface area contributed by atoms with Gasteiger partial charge in [-0.1, -0.05) is 30.3 Å². The van der Waals surface area contributed by atoms with Crippen molar-refractivity contribution in [2.45, 2.75) is 33.0 Å². The standard InChI is InChI=1S/C26H29N7O5/c1-3-32-16-28-14-20(32)24(35)31-25-30-19-12-18(23(27)34)13-21(37-2)22(19)33(25)11-7-10-29-26(36)38-15-17-8-5-4-6-9-17/h4-6,8-9,12-14,16H,3,7,10-11,15H2,1-2H3,(H2,27,34)(H,29,36)(H,30,31,35). The molecule has 0 fully saturated rings. The molecule has 12 nitrogen and oxygen atoms in total. The van der Waals surface area contributed by atoms with E-state index < -0.39 is 17.9 Å². The molecule has 0 aliphatic carbocycles. The van der Waals surface area contributed by atoms with Crippen LogP contribution in [0.3, 0.4) is 0 Å². The fourth-order valence-electron chi connectivity index (χ4n) is 3.97. The molecule has 0 aliphatic heterocycles. The lowest BCUT2D eigenvalue weighted by Gasteiger charge is -2.13. The Kier molecular flexibility index (Phi) is 8.21. The van der Waals surface area contributed by atoms with E-state index in [1.165, 1.54) is 19.4 Å². The number of ether oxygens (including phenoxy) is 2. The van der Waals surface area contributed by atoms with Gasteiger partial charge in [-0.05, 0) is 31.0 Å². The van der Waals surface area contributed by atoms with Gasteiger partial charge in [-0.2, -0.15) is 0 Å². The van der Waals surface area contributed by atoms with Crippen LogP contribution in [0, 0.1) is 0 Å². The predicted molar refractivity (Wildman–Crippen MR) is 140 cm³/mol. The lowest BCUT2D eigenvalue weighted by molar-refractivity contribution is 0.0996. The van der Waals surface area contributed by atoms with Gasteiger partial charge in [0.2, 0.25) is 11.9 Å². The van der Waals surface area contributed by atoms with Crippen molar-refractivity contribution in [2.24, 2.45) is 5.73 Å². The number of aryl methyl sites for hydroxylation is 2. The Bertz CT molecular complexity index is 1450. The van der Waals surface area contributed by atoms with Crippen LogP contribution in [0.5, 0.6) is 5.75 Å². The molecule has 4 rings (SSSR count). The first-order chi connectivity index (χ1) is 18.4. The number of nitrogens with one attached hydrogen (secondary N) is 2. The molecule has 0 saturated heterocycles. The van der Waals surface area contributed by atoms with Crippen molar-refractivity contribution >= 4 is 34.9 Å². The summed E-state index contributed by atoms with van der Waals surface area (Å²) in [6.07, 6.45) is 3.00. The number of rotatable bonds is 11. The van der Waals surface area contributed by atoms with Crippen LogP contribution in [0.25, 0.3) is 11.0 Å². The number of hydrogen-bond acceptors (Lipinski definition) is 7. The summed E-state index contributed by atoms with van der Waals surface area (Å²) in [6, 6.07) is 12.5. The van der Waals surface area contributed by atoms with E-state index in [0.29, 0.717) is 48.5 Å². The zero-order valence-corrected chi connectivity index (χ0v) is 21.1. The topological polar surface area (TPSA) is 155 Å². The van der Waals surface area contributed by atoms with Crippen molar-refractivity contribution in [3.05, 3.63) is 71.8 Å². The number of carbonyl (C=O) groups is 3. The van der Waals surface area contributed by atoms with Gasteiger partial charge in [-0.25, -0.2) is 14.8 Å². The van der Waals surface area contributed by atoms with E-state index in [1.807, 2.05) is 37.3 Å². The summed E-state index contributed by atoms with van der Waals surface area (Å²) >= 11 is 0. The lowest BCUT2D eigenvalue weighted by atomic mass is 10.1. The second-order valence-electron chi connectivity index (χ2n) is 8.36. The smallest absolute Gasteiger partial charge is 0.407 e. The Balaban J connectivity index is 1.52. The zero-order chi connectivity index (χ0) is 27.1. The molecule has 12 heteroatoms. The second-order valence-corrected chi connectivity index (χ2v) is 8.36. The van der Waals surface area contributed by atoms with Crippen LogP contribution in [-0.4, -0.2) is 50.7 Å². The number of imidazole rings is 2. The first-order valence-corrected chi connectivity index (χ1v) is 12.0. The normalized spacial score (nSPS) is 10.8. The average Bonchev–Trinajstić information content (AvgIpc) is 3.54. The van der Waals surface area contributed by atoms with Crippen LogP contribution in [0.15, 0.2) is 55.0 Å². The van der Waals surface area contributed by atoms with Gasteiger partial charge in [-0.15, -0.1) is 0 Å². The minimum Gasteiger partial charge on any atom is -0.494 e. The average molecular weight is 520 g/mol. The first kappa shape index (κ1) is 26.2. The number of carbonyl (C=O) groups excluding carboxylic acids is 3. The third-order valence-corrected chi connectivity index (χ3v) is 5.86. The van der Waals surface area contributed by atoms with E-state index in [1.54, 1.807) is 21.5 Å². The Hall–Kier alpha value is -4.87. The van der Waals surface area contributed by atoms with Crippen molar-refractivity contribution in [1.82, 2.24) is 24.4 Å². The van der Waals surface area contributed by atoms with Crippen LogP contribution < -0.4 is 21.1 Å². The monoisotopic (exact) mass is 519 g/mol. The molecule has 0 spiro atoms. The summed E-state index contributed by atoms with van der Waals surface area (Å²) in [5, 5.41) is 5.56. The Morgan fingerprint density at radius 2 is 1.92 bits per heavy atom. The third-order valence-electron chi connectivity index (χ3n) is 5.86. The number of benzene rings is 2. The molecule has 2 aromatic heterocycles. The van der Waals surface area contributed by atoms with Crippen LogP contribution in [0.1, 0.15) is 39.8 Å². The Morgan fingerprint density at radius 3 is 2.63 bits per heavy atom. The molecule has 198 valence electrons. The van der Waals surface area contributed by atoms with Crippen LogP contribution in [-0.2, 0) is 24.4 Å². The summed E-state index contributed by atoms with van der Waals surface area (Å²) < 4.78 is 14.2. The number of nitrogens with zero attached hydrogens (tertiary/aromatic N) is 4. The molecule has 2 heterocycles. The van der Waals surface area contributed by atoms with E-state index >= 15 is 0 Å². The molecule has 0 bridgehead atoms. The Morgan fingerprint density at radius 1 is 1.13 bits per heavy atom. The molecule has 0 aliphatic rings. The molecule has 0 radical (unpaired) electrons. The van der Waals surface area contributed by atoms with Gasteiger partial charge in [0.1, 0.15) is 23.6 Å². The van der Waals surface area contributed by atoms with Crippen molar-refractivity contribution in [3.63, 3.8) is 0 Å². The molecule has 38 heavy (non-hydrogen) atoms. The predicted octanol–water partition coefficient (Wildman–Crippen LogP) is 2.93. The van der Waals surface area contributed by atoms with Crippen molar-refractivity contribution in [2.75, 3.05) is 19.0 Å². The first-order valence-electron chi connectivity index (χ1n) is 12.0. The van der Waals surface area contributed by atoms with Gasteiger partial charge in [-0.3, -0.25) is 14.9 Å². The zero-order valence-electron chi connectivity index (χ0n) is 21.1. The highest BCUT2D eigenvalue weighted by atomic mass is 16.5. The molecule has 0 saturated carbocycles. The minimum atomic E-state index is -0.629. The minimum absolute atomic E-state index is 0.169. The summed E-state index contributed by atoms with van der Waals surface area (Å²) in [5.41, 5.74) is 7.96. The summed E-state index contributed by atoms with van der Waals surface area (Å²) in [4.78, 5) is 45.5. The highest BCUT2D eigenvalue weighted by Crippen LogP contribution is 2.31. The maximum Gasteiger partial charge on any atom is 0.407 e. The molecule has 4 aromatic rings. The molecule has 3 amide bonds. The van der Waals surface area contributed by atoms with Crippen LogP contribution in [0.2, 0.25) is 0 Å². The van der Waals surface area contributed by atoms with E-state index in [9.17, 15) is 14.4 Å². The SMILES string of the molecule is CCn1cncc1C(=O)Nc1nc2cc(C(N)=O)cc(OC)c2n1CCCNC(=O)OCc1ccccc1. The van der Waals surface area contributed by atoms with Crippen LogP contribution in [0.4, 0.5) is 10.7 Å². The highest BCUT2D eigenvalue weighted by molar-refractivity contribution is 6.04. The molecule has 0 atom stereocenters. The van der Waals surface area contributed by atoms with Gasteiger partial charge >= 0.3 is 6.09 Å². The lowest BCUT2D eigenvalue weighted by Crippen LogP contribution is -2.26. The number of alkyl carbamates (subject to hydrolysis) is 1. The van der Waals surface area contributed by atoms with Gasteiger partial charge in [0.05, 0.1) is 25.2 Å². The number of primary amides is 1. The van der Waals surface area contributed by atoms with Gasteiger partial charge < -0.3 is 29.7 Å². The molecular formula is C26H29N7O5. The van der Waals surface area contributed by atoms with Crippen molar-refractivity contribution in [3.8, 4) is 5.75 Å². The number of amides is 3. The third kappa shape index (κ3) is 5.91. The van der Waals surface area contributed by atoms with E-state index in [4.69, 9.17) is 15.2 Å². The largest absolute Gasteiger partial charge is 0.494 e. The molecule has 2 aromatic carbocycles. The van der Waals surface area contributed by atoms with E-state index in [-0.39, 0.29) is 18.1 Å².